The van der Waals surface area contributed by atoms with Crippen LogP contribution in [-0.4, -0.2) is 19.9 Å². The number of halogens is 1. The van der Waals surface area contributed by atoms with E-state index >= 15 is 0 Å². The molecule has 0 saturated heterocycles. The second-order valence-electron chi connectivity index (χ2n) is 3.83. The molecule has 1 heterocycles. The summed E-state index contributed by atoms with van der Waals surface area (Å²) in [5.74, 6) is 0. The van der Waals surface area contributed by atoms with Crippen LogP contribution in [0.15, 0.2) is 34.7 Å². The molecule has 1 aromatic carbocycles. The van der Waals surface area contributed by atoms with Crippen LogP contribution in [0.5, 0.6) is 0 Å². The molecule has 2 rings (SSSR count). The number of aromatic nitrogens is 1. The first-order chi connectivity index (χ1) is 9.53. The number of nitrogens with zero attached hydrogens (tertiary/aromatic N) is 2. The predicted molar refractivity (Wildman–Crippen MR) is 77.2 cm³/mol. The molecular weight excluding hydrogens is 318 g/mol. The lowest BCUT2D eigenvalue weighted by atomic mass is 10.2. The summed E-state index contributed by atoms with van der Waals surface area (Å²) in [4.78, 5) is 4.04. The van der Waals surface area contributed by atoms with Crippen LogP contribution >= 0.6 is 22.9 Å². The van der Waals surface area contributed by atoms with Crippen molar-refractivity contribution in [1.82, 2.24) is 9.71 Å². The molecule has 8 heteroatoms. The Kier molecular flexibility index (Phi) is 4.73. The first-order valence-electron chi connectivity index (χ1n) is 5.60. The minimum atomic E-state index is -3.68. The quantitative estimate of drug-likeness (QED) is 0.912. The lowest BCUT2D eigenvalue weighted by Gasteiger charge is -2.07. The highest BCUT2D eigenvalue weighted by Gasteiger charge is 2.17. The maximum absolute atomic E-state index is 12.1. The molecule has 0 aliphatic heterocycles. The summed E-state index contributed by atoms with van der Waals surface area (Å²) in [6.07, 6.45) is 2.19. The summed E-state index contributed by atoms with van der Waals surface area (Å²) >= 11 is 7.36. The lowest BCUT2D eigenvalue weighted by Crippen LogP contribution is -2.26. The topological polar surface area (TPSA) is 82.8 Å². The Labute approximate surface area is 125 Å². The highest BCUT2D eigenvalue weighted by Crippen LogP contribution is 2.22. The fourth-order valence-corrected chi connectivity index (χ4v) is 3.73. The zero-order chi connectivity index (χ0) is 14.6. The smallest absolute Gasteiger partial charge is 0.242 e. The molecular formula is C12H10ClN3O2S2. The van der Waals surface area contributed by atoms with Gasteiger partial charge in [-0.3, -0.25) is 0 Å². The van der Waals surface area contributed by atoms with E-state index in [2.05, 4.69) is 9.71 Å². The third-order valence-corrected chi connectivity index (χ3v) is 5.25. The summed E-state index contributed by atoms with van der Waals surface area (Å²) in [6.45, 7) is 0.242. The molecule has 0 amide bonds. The van der Waals surface area contributed by atoms with E-state index in [1.165, 1.54) is 29.5 Å². The molecule has 2 aromatic rings. The molecule has 1 aromatic heterocycles. The molecule has 0 aliphatic carbocycles. The molecule has 0 saturated carbocycles. The Morgan fingerprint density at radius 3 is 2.85 bits per heavy atom. The SMILES string of the molecule is N#Cc1ccc(S(=O)(=O)NCCc2nccs2)c(Cl)c1. The van der Waals surface area contributed by atoms with Crippen LogP contribution in [0.2, 0.25) is 5.02 Å². The van der Waals surface area contributed by atoms with Gasteiger partial charge >= 0.3 is 0 Å². The van der Waals surface area contributed by atoms with Crippen LogP contribution in [0.3, 0.4) is 0 Å². The first kappa shape index (κ1) is 14.9. The van der Waals surface area contributed by atoms with Gasteiger partial charge in [-0.05, 0) is 18.2 Å². The van der Waals surface area contributed by atoms with Crippen molar-refractivity contribution < 1.29 is 8.42 Å². The van der Waals surface area contributed by atoms with Gasteiger partial charge in [-0.15, -0.1) is 11.3 Å². The van der Waals surface area contributed by atoms with Crippen LogP contribution in [0.4, 0.5) is 0 Å². The minimum Gasteiger partial charge on any atom is -0.250 e. The van der Waals surface area contributed by atoms with Crippen LogP contribution < -0.4 is 4.72 Å². The standard InChI is InChI=1S/C12H10ClN3O2S2/c13-10-7-9(8-14)1-2-11(10)20(17,18)16-4-3-12-15-5-6-19-12/h1-2,5-7,16H,3-4H2. The van der Waals surface area contributed by atoms with Gasteiger partial charge in [-0.25, -0.2) is 18.1 Å². The zero-order valence-electron chi connectivity index (χ0n) is 10.2. The van der Waals surface area contributed by atoms with Crippen molar-refractivity contribution in [1.29, 1.82) is 5.26 Å². The molecule has 20 heavy (non-hydrogen) atoms. The van der Waals surface area contributed by atoms with Gasteiger partial charge in [0.25, 0.3) is 0 Å². The van der Waals surface area contributed by atoms with Crippen molar-refractivity contribution in [3.8, 4) is 6.07 Å². The van der Waals surface area contributed by atoms with Crippen molar-refractivity contribution in [2.45, 2.75) is 11.3 Å². The van der Waals surface area contributed by atoms with Crippen molar-refractivity contribution in [2.75, 3.05) is 6.54 Å². The van der Waals surface area contributed by atoms with Gasteiger partial charge in [0.2, 0.25) is 10.0 Å². The van der Waals surface area contributed by atoms with E-state index in [0.29, 0.717) is 12.0 Å². The van der Waals surface area contributed by atoms with Crippen molar-refractivity contribution in [3.05, 3.63) is 45.4 Å². The Bertz CT molecular complexity index is 737. The average Bonchev–Trinajstić information content (AvgIpc) is 2.91. The summed E-state index contributed by atoms with van der Waals surface area (Å²) in [5, 5.41) is 11.5. The van der Waals surface area contributed by atoms with Crippen molar-refractivity contribution >= 4 is 33.0 Å². The van der Waals surface area contributed by atoms with Crippen molar-refractivity contribution in [3.63, 3.8) is 0 Å². The number of nitrogens with one attached hydrogen (secondary N) is 1. The minimum absolute atomic E-state index is 0.0303. The molecule has 1 N–H and O–H groups in total. The Hall–Kier alpha value is -1.46. The number of hydrogen-bond acceptors (Lipinski definition) is 5. The zero-order valence-corrected chi connectivity index (χ0v) is 12.6. The first-order valence-corrected chi connectivity index (χ1v) is 8.35. The number of sulfonamides is 1. The van der Waals surface area contributed by atoms with Gasteiger partial charge in [0.15, 0.2) is 0 Å². The fraction of sp³-hybridized carbons (Fsp3) is 0.167. The van der Waals surface area contributed by atoms with E-state index in [1.807, 2.05) is 11.4 Å². The molecule has 0 unspecified atom stereocenters. The van der Waals surface area contributed by atoms with Crippen LogP contribution in [0.1, 0.15) is 10.6 Å². The van der Waals surface area contributed by atoms with Gasteiger partial charge in [-0.1, -0.05) is 11.6 Å². The molecule has 5 nitrogen and oxygen atoms in total. The number of rotatable bonds is 5. The van der Waals surface area contributed by atoms with E-state index in [9.17, 15) is 8.42 Å². The molecule has 0 aliphatic rings. The average molecular weight is 328 g/mol. The highest BCUT2D eigenvalue weighted by atomic mass is 35.5. The summed E-state index contributed by atoms with van der Waals surface area (Å²) in [6, 6.07) is 5.98. The molecule has 0 fully saturated rings. The van der Waals surface area contributed by atoms with E-state index < -0.39 is 10.0 Å². The highest BCUT2D eigenvalue weighted by molar-refractivity contribution is 7.89. The van der Waals surface area contributed by atoms with Gasteiger partial charge in [-0.2, -0.15) is 5.26 Å². The summed E-state index contributed by atoms with van der Waals surface area (Å²) < 4.78 is 26.6. The van der Waals surface area contributed by atoms with E-state index in [-0.39, 0.29) is 16.5 Å². The Balaban J connectivity index is 2.08. The van der Waals surface area contributed by atoms with Gasteiger partial charge in [0.1, 0.15) is 4.90 Å². The predicted octanol–water partition coefficient (Wildman–Crippen LogP) is 2.19. The fourth-order valence-electron chi connectivity index (χ4n) is 1.53. The molecule has 0 bridgehead atoms. The monoisotopic (exact) mass is 327 g/mol. The second-order valence-corrected chi connectivity index (χ2v) is 6.95. The normalized spacial score (nSPS) is 11.2. The number of hydrogen-bond donors (Lipinski definition) is 1. The van der Waals surface area contributed by atoms with E-state index in [4.69, 9.17) is 16.9 Å². The van der Waals surface area contributed by atoms with Crippen LogP contribution in [0, 0.1) is 11.3 Å². The maximum atomic E-state index is 12.1. The Morgan fingerprint density at radius 2 is 2.25 bits per heavy atom. The van der Waals surface area contributed by atoms with Gasteiger partial charge in [0.05, 0.1) is 21.7 Å². The molecule has 0 atom stereocenters. The summed E-state index contributed by atoms with van der Waals surface area (Å²) in [5.41, 5.74) is 0.316. The third-order valence-electron chi connectivity index (χ3n) is 2.46. The van der Waals surface area contributed by atoms with Crippen LogP contribution in [-0.2, 0) is 16.4 Å². The van der Waals surface area contributed by atoms with Crippen molar-refractivity contribution in [2.24, 2.45) is 0 Å². The lowest BCUT2D eigenvalue weighted by molar-refractivity contribution is 0.581. The maximum Gasteiger partial charge on any atom is 0.242 e. The molecule has 0 spiro atoms. The second kappa shape index (κ2) is 6.33. The third kappa shape index (κ3) is 3.55. The van der Waals surface area contributed by atoms with Gasteiger partial charge in [0, 0.05) is 24.5 Å². The number of thiazole rings is 1. The number of nitriles is 1. The van der Waals surface area contributed by atoms with Crippen LogP contribution in [0.25, 0.3) is 0 Å². The van der Waals surface area contributed by atoms with E-state index in [0.717, 1.165) is 5.01 Å². The molecule has 104 valence electrons. The van der Waals surface area contributed by atoms with E-state index in [1.54, 1.807) is 6.20 Å². The van der Waals surface area contributed by atoms with Gasteiger partial charge < -0.3 is 0 Å². The Morgan fingerprint density at radius 1 is 1.45 bits per heavy atom. The molecule has 0 radical (unpaired) electrons. The number of benzene rings is 1. The summed E-state index contributed by atoms with van der Waals surface area (Å²) in [7, 11) is -3.68. The largest absolute Gasteiger partial charge is 0.250 e.